The molecule has 0 atom stereocenters. The van der Waals surface area contributed by atoms with Gasteiger partial charge in [0, 0.05) is 12.2 Å². The molecule has 0 fully saturated rings. The van der Waals surface area contributed by atoms with Gasteiger partial charge in [0.05, 0.1) is 11.0 Å². The van der Waals surface area contributed by atoms with Gasteiger partial charge in [0.1, 0.15) is 0 Å². The van der Waals surface area contributed by atoms with Gasteiger partial charge >= 0.3 is 0 Å². The van der Waals surface area contributed by atoms with Crippen LogP contribution < -0.4 is 10.9 Å². The van der Waals surface area contributed by atoms with Gasteiger partial charge in [-0.15, -0.1) is 0 Å². The number of aromatic nitrogens is 2. The second-order valence-corrected chi connectivity index (χ2v) is 5.76. The summed E-state index contributed by atoms with van der Waals surface area (Å²) < 4.78 is 1.59. The van der Waals surface area contributed by atoms with Crippen LogP contribution in [0.15, 0.2) is 47.3 Å². The van der Waals surface area contributed by atoms with Crippen LogP contribution in [-0.4, -0.2) is 15.5 Å². The van der Waals surface area contributed by atoms with Gasteiger partial charge < -0.3 is 9.88 Å². The lowest BCUT2D eigenvalue weighted by molar-refractivity contribution is 0.102. The van der Waals surface area contributed by atoms with Crippen LogP contribution >= 0.6 is 0 Å². The van der Waals surface area contributed by atoms with Gasteiger partial charge in [-0.2, -0.15) is 0 Å². The molecule has 24 heavy (non-hydrogen) atoms. The number of carbonyl (C=O) groups excluding carboxylic acids is 1. The van der Waals surface area contributed by atoms with Crippen LogP contribution in [0.1, 0.15) is 28.5 Å². The quantitative estimate of drug-likeness (QED) is 0.805. The highest BCUT2D eigenvalue weighted by Crippen LogP contribution is 2.17. The zero-order valence-electron chi connectivity index (χ0n) is 14.0. The van der Waals surface area contributed by atoms with Crippen molar-refractivity contribution in [1.29, 1.82) is 0 Å². The Morgan fingerprint density at radius 2 is 1.79 bits per heavy atom. The number of nitrogens with one attached hydrogen (secondary N) is 1. The van der Waals surface area contributed by atoms with Crippen LogP contribution in [0.3, 0.4) is 0 Å². The number of anilines is 1. The Morgan fingerprint density at radius 1 is 1.12 bits per heavy atom. The summed E-state index contributed by atoms with van der Waals surface area (Å²) in [5, 5.41) is 2.73. The first-order valence-corrected chi connectivity index (χ1v) is 7.89. The molecule has 0 spiro atoms. The monoisotopic (exact) mass is 321 g/mol. The van der Waals surface area contributed by atoms with Crippen LogP contribution in [0.2, 0.25) is 0 Å². The smallest absolute Gasteiger partial charge is 0.282 e. The number of hydrogen-bond acceptors (Lipinski definition) is 3. The van der Waals surface area contributed by atoms with Gasteiger partial charge in [0.15, 0.2) is 5.69 Å². The van der Waals surface area contributed by atoms with E-state index >= 15 is 0 Å². The Kier molecular flexibility index (Phi) is 4.16. The van der Waals surface area contributed by atoms with Crippen molar-refractivity contribution in [1.82, 2.24) is 9.55 Å². The molecule has 0 bridgehead atoms. The van der Waals surface area contributed by atoms with Gasteiger partial charge in [0.25, 0.3) is 11.5 Å². The normalized spacial score (nSPS) is 10.8. The molecule has 5 heteroatoms. The molecule has 3 aromatic rings. The highest BCUT2D eigenvalue weighted by atomic mass is 16.2. The van der Waals surface area contributed by atoms with Crippen LogP contribution in [0.5, 0.6) is 0 Å². The lowest BCUT2D eigenvalue weighted by atomic mass is 10.1. The van der Waals surface area contributed by atoms with Gasteiger partial charge in [-0.25, -0.2) is 4.98 Å². The summed E-state index contributed by atoms with van der Waals surface area (Å²) >= 11 is 0. The lowest BCUT2D eigenvalue weighted by Crippen LogP contribution is -2.31. The highest BCUT2D eigenvalue weighted by Gasteiger charge is 2.17. The molecule has 0 aliphatic heterocycles. The van der Waals surface area contributed by atoms with Crippen molar-refractivity contribution in [2.75, 3.05) is 5.32 Å². The molecule has 1 amide bonds. The molecule has 0 aliphatic carbocycles. The van der Waals surface area contributed by atoms with E-state index in [0.29, 0.717) is 17.7 Å². The summed E-state index contributed by atoms with van der Waals surface area (Å²) in [7, 11) is 0. The van der Waals surface area contributed by atoms with E-state index in [1.807, 2.05) is 51.1 Å². The minimum Gasteiger partial charge on any atom is -0.320 e. The number of nitrogens with zero attached hydrogens (tertiary/aromatic N) is 2. The third kappa shape index (κ3) is 2.80. The van der Waals surface area contributed by atoms with E-state index in [1.54, 1.807) is 16.7 Å². The number of hydrogen-bond donors (Lipinski definition) is 1. The van der Waals surface area contributed by atoms with Crippen LogP contribution in [0.4, 0.5) is 5.69 Å². The highest BCUT2D eigenvalue weighted by molar-refractivity contribution is 6.03. The van der Waals surface area contributed by atoms with E-state index < -0.39 is 5.91 Å². The van der Waals surface area contributed by atoms with Crippen molar-refractivity contribution >= 4 is 22.6 Å². The molecule has 122 valence electrons. The van der Waals surface area contributed by atoms with E-state index in [-0.39, 0.29) is 11.3 Å². The van der Waals surface area contributed by atoms with Crippen molar-refractivity contribution < 1.29 is 4.79 Å². The number of para-hydroxylation sites is 1. The first-order chi connectivity index (χ1) is 11.5. The number of fused-ring (bicyclic) bond motifs is 1. The molecule has 0 aliphatic rings. The Labute approximate surface area is 140 Å². The summed E-state index contributed by atoms with van der Waals surface area (Å²) in [6.45, 7) is 6.34. The predicted octanol–water partition coefficient (Wildman–Crippen LogP) is 3.29. The van der Waals surface area contributed by atoms with E-state index in [0.717, 1.165) is 16.6 Å². The summed E-state index contributed by atoms with van der Waals surface area (Å²) in [6, 6.07) is 12.9. The standard InChI is InChI=1S/C19H19N3O2/c1-4-22-16-11-13(3)12(2)10-15(16)21-17(19(22)24)18(23)20-14-8-6-5-7-9-14/h5-11H,4H2,1-3H3,(H,20,23). The van der Waals surface area contributed by atoms with Crippen molar-refractivity contribution in [2.24, 2.45) is 0 Å². The largest absolute Gasteiger partial charge is 0.320 e. The van der Waals surface area contributed by atoms with Gasteiger partial charge in [-0.1, -0.05) is 18.2 Å². The summed E-state index contributed by atoms with van der Waals surface area (Å²) in [6.07, 6.45) is 0. The zero-order valence-corrected chi connectivity index (χ0v) is 14.0. The molecule has 0 saturated carbocycles. The number of benzene rings is 2. The maximum Gasteiger partial charge on any atom is 0.282 e. The van der Waals surface area contributed by atoms with E-state index in [9.17, 15) is 9.59 Å². The molecule has 1 N–H and O–H groups in total. The van der Waals surface area contributed by atoms with Crippen molar-refractivity contribution in [2.45, 2.75) is 27.3 Å². The Morgan fingerprint density at radius 3 is 2.46 bits per heavy atom. The van der Waals surface area contributed by atoms with Crippen LogP contribution in [0, 0.1) is 13.8 Å². The fourth-order valence-electron chi connectivity index (χ4n) is 2.67. The molecule has 2 aromatic carbocycles. The first kappa shape index (κ1) is 15.9. The van der Waals surface area contributed by atoms with E-state index in [1.165, 1.54) is 0 Å². The third-order valence-corrected chi connectivity index (χ3v) is 4.12. The Bertz CT molecular complexity index is 975. The zero-order chi connectivity index (χ0) is 17.3. The Hall–Kier alpha value is -2.95. The van der Waals surface area contributed by atoms with Gasteiger partial charge in [0.2, 0.25) is 0 Å². The minimum absolute atomic E-state index is 0.0866. The SMILES string of the molecule is CCn1c(=O)c(C(=O)Nc2ccccc2)nc2cc(C)c(C)cc21. The molecule has 3 rings (SSSR count). The fraction of sp³-hybridized carbons (Fsp3) is 0.211. The van der Waals surface area contributed by atoms with E-state index in [4.69, 9.17) is 0 Å². The van der Waals surface area contributed by atoms with E-state index in [2.05, 4.69) is 10.3 Å². The summed E-state index contributed by atoms with van der Waals surface area (Å²) in [4.78, 5) is 29.5. The maximum atomic E-state index is 12.7. The molecule has 0 radical (unpaired) electrons. The topological polar surface area (TPSA) is 64.0 Å². The molecule has 5 nitrogen and oxygen atoms in total. The second kappa shape index (κ2) is 6.28. The average Bonchev–Trinajstić information content (AvgIpc) is 2.57. The van der Waals surface area contributed by atoms with Crippen molar-refractivity contribution in [3.63, 3.8) is 0 Å². The van der Waals surface area contributed by atoms with Crippen LogP contribution in [0.25, 0.3) is 11.0 Å². The molecule has 1 aromatic heterocycles. The third-order valence-electron chi connectivity index (χ3n) is 4.12. The summed E-state index contributed by atoms with van der Waals surface area (Å²) in [5.74, 6) is -0.492. The van der Waals surface area contributed by atoms with Gasteiger partial charge in [-0.3, -0.25) is 9.59 Å². The number of amides is 1. The Balaban J connectivity index is 2.14. The van der Waals surface area contributed by atoms with Gasteiger partial charge in [-0.05, 0) is 56.2 Å². The van der Waals surface area contributed by atoms with Crippen molar-refractivity contribution in [3.05, 3.63) is 69.6 Å². The molecule has 0 saturated heterocycles. The summed E-state index contributed by atoms with van der Waals surface area (Å²) in [5.41, 5.74) is 3.74. The lowest BCUT2D eigenvalue weighted by Gasteiger charge is -2.12. The second-order valence-electron chi connectivity index (χ2n) is 5.76. The molecule has 1 heterocycles. The first-order valence-electron chi connectivity index (χ1n) is 7.89. The fourth-order valence-corrected chi connectivity index (χ4v) is 2.67. The molecular weight excluding hydrogens is 302 g/mol. The van der Waals surface area contributed by atoms with Crippen LogP contribution in [-0.2, 0) is 6.54 Å². The molecule has 0 unspecified atom stereocenters. The number of rotatable bonds is 3. The number of aryl methyl sites for hydroxylation is 3. The molecular formula is C19H19N3O2. The maximum absolute atomic E-state index is 12.7. The number of carbonyl (C=O) groups is 1. The average molecular weight is 321 g/mol. The minimum atomic E-state index is -0.492. The van der Waals surface area contributed by atoms with Crippen molar-refractivity contribution in [3.8, 4) is 0 Å². The predicted molar refractivity (Wildman–Crippen MR) is 95.5 cm³/mol.